The number of nitrogens with zero attached hydrogens (tertiary/aromatic N) is 2. The summed E-state index contributed by atoms with van der Waals surface area (Å²) in [5.41, 5.74) is 1.39. The second kappa shape index (κ2) is 7.57. The van der Waals surface area contributed by atoms with E-state index in [2.05, 4.69) is 5.32 Å². The van der Waals surface area contributed by atoms with Crippen molar-refractivity contribution >= 4 is 27.5 Å². The summed E-state index contributed by atoms with van der Waals surface area (Å²) in [6.45, 7) is 0.519. The van der Waals surface area contributed by atoms with E-state index < -0.39 is 21.8 Å². The van der Waals surface area contributed by atoms with Crippen LogP contribution < -0.4 is 5.32 Å². The summed E-state index contributed by atoms with van der Waals surface area (Å²) in [5.74, 6) is -1.80. The van der Waals surface area contributed by atoms with Gasteiger partial charge in [0.15, 0.2) is 0 Å². The largest absolute Gasteiger partial charge is 0.340 e. The molecule has 2 aliphatic heterocycles. The molecule has 0 saturated carbocycles. The maximum Gasteiger partial charge on any atom is 0.246 e. The maximum atomic E-state index is 14.0. The van der Waals surface area contributed by atoms with Crippen molar-refractivity contribution in [2.24, 2.45) is 0 Å². The molecule has 1 atom stereocenters. The SMILES string of the molecule is O=C1C[C@H](C(=O)N2CCN(S(=O)(=O)c3ccccc3F)CC2)c2ccccc2N1. The zero-order valence-electron chi connectivity index (χ0n) is 15.5. The molecule has 2 heterocycles. The van der Waals surface area contributed by atoms with Crippen LogP contribution in [0.2, 0.25) is 0 Å². The average Bonchev–Trinajstić information content (AvgIpc) is 2.73. The smallest absolute Gasteiger partial charge is 0.246 e. The minimum absolute atomic E-state index is 0.0591. The van der Waals surface area contributed by atoms with Crippen molar-refractivity contribution < 1.29 is 22.4 Å². The van der Waals surface area contributed by atoms with Gasteiger partial charge < -0.3 is 10.2 Å². The molecule has 0 radical (unpaired) electrons. The number of hydrogen-bond acceptors (Lipinski definition) is 4. The van der Waals surface area contributed by atoms with Crippen molar-refractivity contribution in [2.75, 3.05) is 31.5 Å². The molecule has 0 aliphatic carbocycles. The highest BCUT2D eigenvalue weighted by Crippen LogP contribution is 2.33. The lowest BCUT2D eigenvalue weighted by atomic mass is 9.89. The fraction of sp³-hybridized carbons (Fsp3) is 0.300. The van der Waals surface area contributed by atoms with E-state index in [4.69, 9.17) is 0 Å². The van der Waals surface area contributed by atoms with Gasteiger partial charge in [0.2, 0.25) is 21.8 Å². The van der Waals surface area contributed by atoms with E-state index in [1.165, 1.54) is 22.5 Å². The molecule has 0 aromatic heterocycles. The average molecular weight is 417 g/mol. The van der Waals surface area contributed by atoms with Gasteiger partial charge in [0.1, 0.15) is 10.7 Å². The van der Waals surface area contributed by atoms with Gasteiger partial charge in [0, 0.05) is 38.3 Å². The molecule has 0 bridgehead atoms. The second-order valence-electron chi connectivity index (χ2n) is 7.05. The van der Waals surface area contributed by atoms with Crippen molar-refractivity contribution in [1.82, 2.24) is 9.21 Å². The van der Waals surface area contributed by atoms with Crippen LogP contribution in [0, 0.1) is 5.82 Å². The predicted octanol–water partition coefficient (Wildman–Crippen LogP) is 1.78. The molecule has 0 spiro atoms. The van der Waals surface area contributed by atoms with Crippen molar-refractivity contribution in [3.05, 3.63) is 59.9 Å². The predicted molar refractivity (Wildman–Crippen MR) is 104 cm³/mol. The molecule has 4 rings (SSSR count). The minimum atomic E-state index is -3.97. The fourth-order valence-electron chi connectivity index (χ4n) is 3.79. The van der Waals surface area contributed by atoms with E-state index >= 15 is 0 Å². The maximum absolute atomic E-state index is 14.0. The summed E-state index contributed by atoms with van der Waals surface area (Å²) in [5, 5.41) is 2.77. The van der Waals surface area contributed by atoms with E-state index in [0.29, 0.717) is 5.69 Å². The highest BCUT2D eigenvalue weighted by molar-refractivity contribution is 7.89. The molecule has 1 N–H and O–H groups in total. The van der Waals surface area contributed by atoms with Crippen LogP contribution in [0.1, 0.15) is 17.9 Å². The third-order valence-corrected chi connectivity index (χ3v) is 7.23. The number of piperazine rings is 1. The number of nitrogens with one attached hydrogen (secondary N) is 1. The summed E-state index contributed by atoms with van der Waals surface area (Å²) in [6, 6.07) is 12.4. The monoisotopic (exact) mass is 417 g/mol. The molecular formula is C20H20FN3O4S. The number of carbonyl (C=O) groups is 2. The van der Waals surface area contributed by atoms with Crippen LogP contribution in [-0.2, 0) is 19.6 Å². The summed E-state index contributed by atoms with van der Waals surface area (Å²) in [7, 11) is -3.97. The van der Waals surface area contributed by atoms with E-state index in [-0.39, 0.29) is 49.3 Å². The van der Waals surface area contributed by atoms with Crippen LogP contribution in [0.15, 0.2) is 53.4 Å². The third kappa shape index (κ3) is 3.63. The lowest BCUT2D eigenvalue weighted by Crippen LogP contribution is -2.52. The normalized spacial score (nSPS) is 20.1. The van der Waals surface area contributed by atoms with Crippen molar-refractivity contribution in [3.63, 3.8) is 0 Å². The van der Waals surface area contributed by atoms with Crippen LogP contribution in [-0.4, -0.2) is 55.6 Å². The van der Waals surface area contributed by atoms with Crippen LogP contribution in [0.3, 0.4) is 0 Å². The van der Waals surface area contributed by atoms with Crippen molar-refractivity contribution in [1.29, 1.82) is 0 Å². The van der Waals surface area contributed by atoms with Gasteiger partial charge in [-0.25, -0.2) is 12.8 Å². The van der Waals surface area contributed by atoms with E-state index in [9.17, 15) is 22.4 Å². The molecule has 2 aromatic carbocycles. The van der Waals surface area contributed by atoms with E-state index in [1.54, 1.807) is 17.0 Å². The van der Waals surface area contributed by atoms with Crippen LogP contribution >= 0.6 is 0 Å². The van der Waals surface area contributed by atoms with E-state index in [1.807, 2.05) is 12.1 Å². The summed E-state index contributed by atoms with van der Waals surface area (Å²) >= 11 is 0. The summed E-state index contributed by atoms with van der Waals surface area (Å²) < 4.78 is 40.6. The number of anilines is 1. The summed E-state index contributed by atoms with van der Waals surface area (Å²) in [6.07, 6.45) is 0.0591. The second-order valence-corrected chi connectivity index (χ2v) is 8.96. The molecule has 1 fully saturated rings. The first kappa shape index (κ1) is 19.5. The highest BCUT2D eigenvalue weighted by atomic mass is 32.2. The Bertz CT molecular complexity index is 1060. The number of benzene rings is 2. The number of halogens is 1. The van der Waals surface area contributed by atoms with Gasteiger partial charge in [0.25, 0.3) is 0 Å². The minimum Gasteiger partial charge on any atom is -0.340 e. The number of para-hydroxylation sites is 1. The molecule has 1 saturated heterocycles. The Hall–Kier alpha value is -2.78. The van der Waals surface area contributed by atoms with Gasteiger partial charge in [-0.2, -0.15) is 4.31 Å². The van der Waals surface area contributed by atoms with Crippen molar-refractivity contribution in [2.45, 2.75) is 17.2 Å². The van der Waals surface area contributed by atoms with Gasteiger partial charge >= 0.3 is 0 Å². The van der Waals surface area contributed by atoms with E-state index in [0.717, 1.165) is 11.6 Å². The Morgan fingerprint density at radius 1 is 1.00 bits per heavy atom. The van der Waals surface area contributed by atoms with Crippen LogP contribution in [0.4, 0.5) is 10.1 Å². The highest BCUT2D eigenvalue weighted by Gasteiger charge is 2.36. The molecular weight excluding hydrogens is 397 g/mol. The number of amides is 2. The number of carbonyl (C=O) groups excluding carboxylic acids is 2. The standard InChI is InChI=1S/C20H20FN3O4S/c21-16-6-2-4-8-18(16)29(27,28)24-11-9-23(10-12-24)20(26)15-13-19(25)22-17-7-3-1-5-14(15)17/h1-8,15H,9-13H2,(H,22,25)/t15-/m0/s1. The molecule has 2 aromatic rings. The van der Waals surface area contributed by atoms with Gasteiger partial charge in [-0.15, -0.1) is 0 Å². The number of sulfonamides is 1. The molecule has 29 heavy (non-hydrogen) atoms. The first-order valence-corrected chi connectivity index (χ1v) is 10.7. The Morgan fingerprint density at radius 3 is 2.38 bits per heavy atom. The Kier molecular flexibility index (Phi) is 5.10. The van der Waals surface area contributed by atoms with Crippen LogP contribution in [0.25, 0.3) is 0 Å². The lowest BCUT2D eigenvalue weighted by molar-refractivity contribution is -0.136. The third-order valence-electron chi connectivity index (χ3n) is 5.30. The van der Waals surface area contributed by atoms with Crippen LogP contribution in [0.5, 0.6) is 0 Å². The first-order chi connectivity index (χ1) is 13.9. The van der Waals surface area contributed by atoms with Gasteiger partial charge in [-0.3, -0.25) is 9.59 Å². The Balaban J connectivity index is 1.48. The lowest BCUT2D eigenvalue weighted by Gasteiger charge is -2.36. The molecule has 0 unspecified atom stereocenters. The number of rotatable bonds is 3. The first-order valence-electron chi connectivity index (χ1n) is 9.30. The molecule has 2 aliphatic rings. The Labute approximate surface area is 168 Å². The zero-order valence-corrected chi connectivity index (χ0v) is 16.4. The van der Waals surface area contributed by atoms with Crippen molar-refractivity contribution in [3.8, 4) is 0 Å². The molecule has 2 amide bonds. The molecule has 152 valence electrons. The Morgan fingerprint density at radius 2 is 1.66 bits per heavy atom. The number of fused-ring (bicyclic) bond motifs is 1. The van der Waals surface area contributed by atoms with Gasteiger partial charge in [0.05, 0.1) is 5.92 Å². The van der Waals surface area contributed by atoms with Gasteiger partial charge in [-0.1, -0.05) is 30.3 Å². The quantitative estimate of drug-likeness (QED) is 0.825. The number of hydrogen-bond donors (Lipinski definition) is 1. The summed E-state index contributed by atoms with van der Waals surface area (Å²) in [4.78, 5) is 26.3. The fourth-order valence-corrected chi connectivity index (χ4v) is 5.28. The molecule has 7 nitrogen and oxygen atoms in total. The van der Waals surface area contributed by atoms with Gasteiger partial charge in [-0.05, 0) is 23.8 Å². The zero-order chi connectivity index (χ0) is 20.6. The topological polar surface area (TPSA) is 86.8 Å². The molecule has 9 heteroatoms.